The van der Waals surface area contributed by atoms with Crippen LogP contribution in [0, 0.1) is 16.7 Å². The molecule has 2 aromatic carbocycles. The first-order valence-electron chi connectivity index (χ1n) is 20.7. The first kappa shape index (κ1) is 43.7. The van der Waals surface area contributed by atoms with E-state index in [9.17, 15) is 29.4 Å². The molecule has 2 bridgehead atoms. The molecule has 5 aliphatic rings. The van der Waals surface area contributed by atoms with Gasteiger partial charge in [-0.3, -0.25) is 4.79 Å². The van der Waals surface area contributed by atoms with Crippen LogP contribution in [0.1, 0.15) is 110 Å². The van der Waals surface area contributed by atoms with Crippen LogP contribution >= 0.6 is 0 Å². The van der Waals surface area contributed by atoms with E-state index in [2.05, 4.69) is 5.32 Å². The molecule has 60 heavy (non-hydrogen) atoms. The van der Waals surface area contributed by atoms with Crippen LogP contribution in [0.3, 0.4) is 0 Å². The first-order valence-corrected chi connectivity index (χ1v) is 20.7. The Morgan fingerprint density at radius 3 is 2.13 bits per heavy atom. The van der Waals surface area contributed by atoms with Gasteiger partial charge in [0.25, 0.3) is 0 Å². The summed E-state index contributed by atoms with van der Waals surface area (Å²) in [5.74, 6) is -4.44. The van der Waals surface area contributed by atoms with E-state index in [1.54, 1.807) is 102 Å². The Balaban J connectivity index is 1.37. The minimum atomic E-state index is -2.05. The van der Waals surface area contributed by atoms with Crippen LogP contribution in [0.25, 0.3) is 0 Å². The van der Waals surface area contributed by atoms with E-state index in [1.807, 2.05) is 20.8 Å². The molecular weight excluding hydrogens is 774 g/mol. The zero-order valence-electron chi connectivity index (χ0n) is 36.1. The zero-order valence-corrected chi connectivity index (χ0v) is 36.1. The molecule has 4 fully saturated rings. The Morgan fingerprint density at radius 1 is 0.917 bits per heavy atom. The Labute approximate surface area is 351 Å². The fourth-order valence-electron chi connectivity index (χ4n) is 10.7. The van der Waals surface area contributed by atoms with Gasteiger partial charge in [0, 0.05) is 24.2 Å². The van der Waals surface area contributed by atoms with Crippen molar-refractivity contribution in [3.63, 3.8) is 0 Å². The molecule has 7 rings (SSSR count). The minimum Gasteiger partial charge on any atom is -0.456 e. The normalized spacial score (nSPS) is 34.7. The Morgan fingerprint density at radius 2 is 1.55 bits per heavy atom. The average Bonchev–Trinajstić information content (AvgIpc) is 3.48. The highest BCUT2D eigenvalue weighted by Crippen LogP contribution is 2.67. The number of nitrogens with one attached hydrogen (secondary N) is 1. The molecule has 2 aliphatic heterocycles. The van der Waals surface area contributed by atoms with E-state index in [4.69, 9.17) is 33.2 Å². The third-order valence-corrected chi connectivity index (χ3v) is 13.4. The molecule has 11 atom stereocenters. The Bertz CT molecular complexity index is 2030. The standard InChI is InChI=1S/C46H59NO13/c1-25-29(55-39(51)33(49)32(27-17-13-11-14-18-27)47-40(52)60-41(3,4)5)23-46(53)37(56-38(50)28-19-15-12-16-20-28)35-44(10,22-21-30-45(35,24-54-30)57-26(2)48)36-34(31(25)42(46,6)7)58-43(8,9)59-36/h11-20,29-30,32-37,49,53H,21-24H2,1-10H3,(H,47,52)/t29-,30+,32-,33+,34?,35?,36?,37-,44+,45-,46+/m0/s1. The van der Waals surface area contributed by atoms with Gasteiger partial charge in [-0.1, -0.05) is 69.3 Å². The smallest absolute Gasteiger partial charge is 0.408 e. The lowest BCUT2D eigenvalue weighted by atomic mass is 9.45. The number of ether oxygens (including phenoxy) is 7. The Kier molecular flexibility index (Phi) is 11.1. The summed E-state index contributed by atoms with van der Waals surface area (Å²) in [7, 11) is 0. The summed E-state index contributed by atoms with van der Waals surface area (Å²) in [6, 6.07) is 15.6. The number of hydrogen-bond acceptors (Lipinski definition) is 13. The number of benzene rings is 2. The highest BCUT2D eigenvalue weighted by Gasteiger charge is 2.77. The molecular formula is C46H59NO13. The van der Waals surface area contributed by atoms with Crippen LogP contribution < -0.4 is 5.32 Å². The maximum absolute atomic E-state index is 14.4. The summed E-state index contributed by atoms with van der Waals surface area (Å²) in [6.45, 7) is 17.5. The summed E-state index contributed by atoms with van der Waals surface area (Å²) >= 11 is 0. The maximum Gasteiger partial charge on any atom is 0.408 e. The summed E-state index contributed by atoms with van der Waals surface area (Å²) in [5.41, 5.74) is -4.70. The van der Waals surface area contributed by atoms with E-state index in [-0.39, 0.29) is 18.6 Å². The number of fused-ring (bicyclic) bond motifs is 8. The molecule has 14 heteroatoms. The molecule has 2 saturated carbocycles. The monoisotopic (exact) mass is 833 g/mol. The van der Waals surface area contributed by atoms with Gasteiger partial charge in [-0.25, -0.2) is 14.4 Å². The molecule has 326 valence electrons. The van der Waals surface area contributed by atoms with E-state index in [0.717, 1.165) is 0 Å². The second-order valence-electron chi connectivity index (χ2n) is 19.3. The van der Waals surface area contributed by atoms with Crippen LogP contribution in [0.2, 0.25) is 0 Å². The summed E-state index contributed by atoms with van der Waals surface area (Å²) < 4.78 is 44.5. The van der Waals surface area contributed by atoms with Crippen LogP contribution in [0.5, 0.6) is 0 Å². The third-order valence-electron chi connectivity index (χ3n) is 13.4. The molecule has 3 aliphatic carbocycles. The van der Waals surface area contributed by atoms with Gasteiger partial charge in [-0.2, -0.15) is 0 Å². The predicted molar refractivity (Wildman–Crippen MR) is 215 cm³/mol. The van der Waals surface area contributed by atoms with Gasteiger partial charge in [-0.05, 0) is 83.2 Å². The van der Waals surface area contributed by atoms with Gasteiger partial charge in [-0.15, -0.1) is 0 Å². The molecule has 1 amide bonds. The average molecular weight is 834 g/mol. The fourth-order valence-corrected chi connectivity index (χ4v) is 10.7. The van der Waals surface area contributed by atoms with Gasteiger partial charge >= 0.3 is 24.0 Å². The minimum absolute atomic E-state index is 0.0209. The number of aliphatic hydroxyl groups is 2. The number of esters is 3. The quantitative estimate of drug-likeness (QED) is 0.163. The number of amides is 1. The van der Waals surface area contributed by atoms with Crippen molar-refractivity contribution in [2.75, 3.05) is 6.61 Å². The molecule has 0 radical (unpaired) electrons. The van der Waals surface area contributed by atoms with E-state index in [1.165, 1.54) is 6.92 Å². The molecule has 2 saturated heterocycles. The van der Waals surface area contributed by atoms with Crippen molar-refractivity contribution < 1.29 is 62.5 Å². The van der Waals surface area contributed by atoms with Gasteiger partial charge in [0.05, 0.1) is 30.2 Å². The molecule has 3 unspecified atom stereocenters. The molecule has 14 nitrogen and oxygen atoms in total. The van der Waals surface area contributed by atoms with Crippen molar-refractivity contribution in [1.82, 2.24) is 5.32 Å². The highest BCUT2D eigenvalue weighted by molar-refractivity contribution is 5.89. The van der Waals surface area contributed by atoms with Crippen molar-refractivity contribution in [2.24, 2.45) is 16.7 Å². The van der Waals surface area contributed by atoms with Crippen molar-refractivity contribution >= 4 is 24.0 Å². The van der Waals surface area contributed by atoms with E-state index >= 15 is 0 Å². The van der Waals surface area contributed by atoms with Crippen LogP contribution in [-0.4, -0.2) is 100 Å². The van der Waals surface area contributed by atoms with Crippen LogP contribution in [0.15, 0.2) is 71.8 Å². The fraction of sp³-hybridized carbons (Fsp3) is 0.609. The molecule has 0 spiro atoms. The predicted octanol–water partition coefficient (Wildman–Crippen LogP) is 5.88. The molecule has 2 heterocycles. The molecule has 0 aromatic heterocycles. The summed E-state index contributed by atoms with van der Waals surface area (Å²) in [5, 5.41) is 28.2. The first-order chi connectivity index (χ1) is 27.9. The van der Waals surface area contributed by atoms with Crippen molar-refractivity contribution in [3.8, 4) is 0 Å². The number of alkyl carbamates (subject to hydrolysis) is 1. The summed E-state index contributed by atoms with van der Waals surface area (Å²) in [4.78, 5) is 54.8. The topological polar surface area (TPSA) is 185 Å². The number of hydrogen-bond donors (Lipinski definition) is 3. The van der Waals surface area contributed by atoms with Crippen LogP contribution in [0.4, 0.5) is 4.79 Å². The number of carbonyl (C=O) groups is 4. The van der Waals surface area contributed by atoms with Gasteiger partial charge in [0.2, 0.25) is 0 Å². The Hall–Kier alpha value is -4.34. The van der Waals surface area contributed by atoms with E-state index in [0.29, 0.717) is 29.6 Å². The van der Waals surface area contributed by atoms with Crippen molar-refractivity contribution in [2.45, 2.75) is 154 Å². The number of rotatable bonds is 8. The lowest BCUT2D eigenvalue weighted by Crippen LogP contribution is -2.79. The van der Waals surface area contributed by atoms with Crippen LogP contribution in [-0.2, 0) is 42.7 Å². The van der Waals surface area contributed by atoms with Gasteiger partial charge < -0.3 is 48.7 Å². The largest absolute Gasteiger partial charge is 0.456 e. The summed E-state index contributed by atoms with van der Waals surface area (Å²) in [6.07, 6.45) is -6.88. The van der Waals surface area contributed by atoms with E-state index < -0.39 is 106 Å². The van der Waals surface area contributed by atoms with Gasteiger partial charge in [0.15, 0.2) is 17.5 Å². The molecule has 2 aromatic rings. The lowest BCUT2D eigenvalue weighted by Gasteiger charge is -2.68. The SMILES string of the molecule is CC(=O)O[C@@]12CO[C@@H]1CC[C@@]1(C)C3OC(C)(C)OC3C3=C(C)[C@@H](OC(=O)[C@H](O)[C@@H](NC(=O)OC(C)(C)C)c4ccccc4)C[C@@](O)([C@@H](OC(=O)c4ccccc4)C12)C3(C)C. The lowest BCUT2D eigenvalue weighted by molar-refractivity contribution is -0.346. The second-order valence-corrected chi connectivity index (χ2v) is 19.3. The zero-order chi connectivity index (χ0) is 43.8. The molecule has 3 N–H and O–H groups in total. The van der Waals surface area contributed by atoms with Crippen molar-refractivity contribution in [3.05, 3.63) is 82.9 Å². The maximum atomic E-state index is 14.4. The van der Waals surface area contributed by atoms with Gasteiger partial charge in [0.1, 0.15) is 35.6 Å². The number of aliphatic hydroxyl groups excluding tert-OH is 1. The van der Waals surface area contributed by atoms with Crippen molar-refractivity contribution in [1.29, 1.82) is 0 Å². The third kappa shape index (κ3) is 7.42. The number of carbonyl (C=O) groups excluding carboxylic acids is 4. The highest BCUT2D eigenvalue weighted by atomic mass is 16.8. The second kappa shape index (κ2) is 15.2.